The van der Waals surface area contributed by atoms with Crippen LogP contribution in [-0.4, -0.2) is 39.1 Å². The van der Waals surface area contributed by atoms with E-state index in [0.29, 0.717) is 25.9 Å². The summed E-state index contributed by atoms with van der Waals surface area (Å²) < 4.78 is 10.3. The van der Waals surface area contributed by atoms with Crippen molar-refractivity contribution in [2.45, 2.75) is 19.3 Å². The van der Waals surface area contributed by atoms with Crippen LogP contribution >= 0.6 is 0 Å². The van der Waals surface area contributed by atoms with Crippen LogP contribution in [0, 0.1) is 0 Å². The molecule has 0 fully saturated rings. The minimum atomic E-state index is -0.278. The molecule has 0 aliphatic carbocycles. The quantitative estimate of drug-likeness (QED) is 0.628. The molecule has 2 aromatic rings. The average molecular weight is 370 g/mol. The molecule has 0 aromatic heterocycles. The number of rotatable bonds is 10. The lowest BCUT2D eigenvalue weighted by molar-refractivity contribution is -0.129. The molecule has 2 rings (SSSR count). The van der Waals surface area contributed by atoms with Gasteiger partial charge in [0.2, 0.25) is 11.8 Å². The highest BCUT2D eigenvalue weighted by molar-refractivity contribution is 5.96. The van der Waals surface area contributed by atoms with Gasteiger partial charge in [0.25, 0.3) is 0 Å². The number of methoxy groups -OCH3 is 2. The summed E-state index contributed by atoms with van der Waals surface area (Å²) in [5, 5.41) is 5.53. The molecule has 27 heavy (non-hydrogen) atoms. The Kier molecular flexibility index (Phi) is 8.16. The van der Waals surface area contributed by atoms with E-state index in [2.05, 4.69) is 10.6 Å². The van der Waals surface area contributed by atoms with Gasteiger partial charge in [0.15, 0.2) is 0 Å². The maximum atomic E-state index is 11.9. The number of carbonyl (C=O) groups is 2. The molecule has 0 unspecified atom stereocenters. The third-order valence-corrected chi connectivity index (χ3v) is 4.09. The maximum Gasteiger partial charge on any atom is 0.229 e. The first-order valence-electron chi connectivity index (χ1n) is 8.90. The Hall–Kier alpha value is -3.02. The Balaban J connectivity index is 1.62. The maximum absolute atomic E-state index is 11.9. The molecule has 0 saturated heterocycles. The van der Waals surface area contributed by atoms with Crippen LogP contribution in [0.25, 0.3) is 0 Å². The van der Waals surface area contributed by atoms with Gasteiger partial charge >= 0.3 is 0 Å². The van der Waals surface area contributed by atoms with Gasteiger partial charge in [0.05, 0.1) is 14.2 Å². The van der Waals surface area contributed by atoms with E-state index in [0.717, 1.165) is 22.6 Å². The lowest BCUT2D eigenvalue weighted by Gasteiger charge is -2.08. The first kappa shape index (κ1) is 20.3. The minimum Gasteiger partial charge on any atom is -0.497 e. The Morgan fingerprint density at radius 3 is 1.96 bits per heavy atom. The van der Waals surface area contributed by atoms with Crippen LogP contribution in [0.5, 0.6) is 11.5 Å². The van der Waals surface area contributed by atoms with E-state index in [1.807, 2.05) is 48.5 Å². The van der Waals surface area contributed by atoms with Crippen LogP contribution in [0.1, 0.15) is 17.5 Å². The van der Waals surface area contributed by atoms with E-state index in [-0.39, 0.29) is 18.2 Å². The van der Waals surface area contributed by atoms with E-state index in [1.165, 1.54) is 0 Å². The van der Waals surface area contributed by atoms with E-state index < -0.39 is 0 Å². The molecule has 0 spiro atoms. The van der Waals surface area contributed by atoms with E-state index in [9.17, 15) is 9.59 Å². The first-order valence-corrected chi connectivity index (χ1v) is 8.90. The number of hydrogen-bond donors (Lipinski definition) is 2. The summed E-state index contributed by atoms with van der Waals surface area (Å²) in [5.74, 6) is 1.03. The summed E-state index contributed by atoms with van der Waals surface area (Å²) >= 11 is 0. The largest absolute Gasteiger partial charge is 0.497 e. The molecule has 0 bridgehead atoms. The second kappa shape index (κ2) is 10.9. The van der Waals surface area contributed by atoms with Gasteiger partial charge < -0.3 is 20.1 Å². The second-order valence-electron chi connectivity index (χ2n) is 6.08. The molecule has 2 aromatic carbocycles. The Morgan fingerprint density at radius 2 is 1.37 bits per heavy atom. The van der Waals surface area contributed by atoms with Crippen molar-refractivity contribution >= 4 is 11.8 Å². The number of amides is 2. The molecule has 0 aliphatic heterocycles. The highest BCUT2D eigenvalue weighted by atomic mass is 16.5. The van der Waals surface area contributed by atoms with E-state index in [4.69, 9.17) is 9.47 Å². The van der Waals surface area contributed by atoms with Crippen LogP contribution < -0.4 is 20.1 Å². The van der Waals surface area contributed by atoms with Gasteiger partial charge in [-0.2, -0.15) is 0 Å². The number of hydrogen-bond acceptors (Lipinski definition) is 4. The van der Waals surface area contributed by atoms with E-state index in [1.54, 1.807) is 14.2 Å². The summed E-state index contributed by atoms with van der Waals surface area (Å²) in [6.45, 7) is 0.966. The Morgan fingerprint density at radius 1 is 0.778 bits per heavy atom. The molecule has 6 nitrogen and oxygen atoms in total. The molecule has 144 valence electrons. The molecule has 0 aliphatic rings. The summed E-state index contributed by atoms with van der Waals surface area (Å²) in [5.41, 5.74) is 2.16. The van der Waals surface area contributed by atoms with Crippen molar-refractivity contribution in [2.24, 2.45) is 0 Å². The van der Waals surface area contributed by atoms with Gasteiger partial charge in [-0.15, -0.1) is 0 Å². The van der Waals surface area contributed by atoms with Crippen molar-refractivity contribution in [3.8, 4) is 11.5 Å². The zero-order valence-corrected chi connectivity index (χ0v) is 15.8. The lowest BCUT2D eigenvalue weighted by atomic mass is 10.1. The molecule has 2 amide bonds. The standard InChI is InChI=1S/C21H26N2O4/c1-26-18-8-6-16(7-9-18)10-12-22-20(24)15-21(25)23-13-11-17-4-3-5-19(14-17)27-2/h3-9,14H,10-13,15H2,1-2H3,(H,22,24)(H,23,25). The van der Waals surface area contributed by atoms with Crippen molar-refractivity contribution in [1.29, 1.82) is 0 Å². The zero-order chi connectivity index (χ0) is 19.5. The molecule has 2 N–H and O–H groups in total. The molecular formula is C21H26N2O4. The third-order valence-electron chi connectivity index (χ3n) is 4.09. The van der Waals surface area contributed by atoms with Crippen LogP contribution in [0.4, 0.5) is 0 Å². The SMILES string of the molecule is COc1ccc(CCNC(=O)CC(=O)NCCc2cccc(OC)c2)cc1. The van der Waals surface area contributed by atoms with Gasteiger partial charge in [-0.1, -0.05) is 24.3 Å². The number of ether oxygens (including phenoxy) is 2. The lowest BCUT2D eigenvalue weighted by Crippen LogP contribution is -2.33. The molecule has 0 radical (unpaired) electrons. The van der Waals surface area contributed by atoms with Crippen LogP contribution in [0.15, 0.2) is 48.5 Å². The Bertz CT molecular complexity index is 744. The zero-order valence-electron chi connectivity index (χ0n) is 15.8. The Labute approximate surface area is 159 Å². The molecule has 6 heteroatoms. The summed E-state index contributed by atoms with van der Waals surface area (Å²) in [6.07, 6.45) is 1.22. The third kappa shape index (κ3) is 7.40. The number of benzene rings is 2. The van der Waals surface area contributed by atoms with Gasteiger partial charge in [0, 0.05) is 13.1 Å². The fourth-order valence-corrected chi connectivity index (χ4v) is 2.58. The predicted molar refractivity (Wildman–Crippen MR) is 104 cm³/mol. The highest BCUT2D eigenvalue weighted by Crippen LogP contribution is 2.12. The molecular weight excluding hydrogens is 344 g/mol. The normalized spacial score (nSPS) is 10.1. The second-order valence-corrected chi connectivity index (χ2v) is 6.08. The van der Waals surface area contributed by atoms with Gasteiger partial charge in [-0.25, -0.2) is 0 Å². The van der Waals surface area contributed by atoms with Crippen LogP contribution in [0.2, 0.25) is 0 Å². The smallest absolute Gasteiger partial charge is 0.229 e. The van der Waals surface area contributed by atoms with Crippen molar-refractivity contribution in [2.75, 3.05) is 27.3 Å². The molecule has 0 saturated carbocycles. The van der Waals surface area contributed by atoms with Crippen molar-refractivity contribution < 1.29 is 19.1 Å². The topological polar surface area (TPSA) is 76.7 Å². The summed E-state index contributed by atoms with van der Waals surface area (Å²) in [7, 11) is 3.24. The fraction of sp³-hybridized carbons (Fsp3) is 0.333. The van der Waals surface area contributed by atoms with Crippen molar-refractivity contribution in [3.05, 3.63) is 59.7 Å². The molecule has 0 heterocycles. The van der Waals surface area contributed by atoms with Crippen LogP contribution in [-0.2, 0) is 22.4 Å². The van der Waals surface area contributed by atoms with Crippen molar-refractivity contribution in [1.82, 2.24) is 10.6 Å². The van der Waals surface area contributed by atoms with Gasteiger partial charge in [-0.05, 0) is 48.2 Å². The number of carbonyl (C=O) groups excluding carboxylic acids is 2. The van der Waals surface area contributed by atoms with Gasteiger partial charge in [0.1, 0.15) is 17.9 Å². The predicted octanol–water partition coefficient (Wildman–Crippen LogP) is 2.11. The highest BCUT2D eigenvalue weighted by Gasteiger charge is 2.08. The number of nitrogens with one attached hydrogen (secondary N) is 2. The van der Waals surface area contributed by atoms with Crippen molar-refractivity contribution in [3.63, 3.8) is 0 Å². The first-order chi connectivity index (χ1) is 13.1. The average Bonchev–Trinajstić information content (AvgIpc) is 2.68. The minimum absolute atomic E-state index is 0.166. The molecule has 0 atom stereocenters. The summed E-state index contributed by atoms with van der Waals surface area (Å²) in [6, 6.07) is 15.4. The van der Waals surface area contributed by atoms with E-state index >= 15 is 0 Å². The van der Waals surface area contributed by atoms with Crippen LogP contribution in [0.3, 0.4) is 0 Å². The monoisotopic (exact) mass is 370 g/mol. The summed E-state index contributed by atoms with van der Waals surface area (Å²) in [4.78, 5) is 23.7. The fourth-order valence-electron chi connectivity index (χ4n) is 2.58. The van der Waals surface area contributed by atoms with Gasteiger partial charge in [-0.3, -0.25) is 9.59 Å².